The van der Waals surface area contributed by atoms with Crippen LogP contribution in [-0.2, 0) is 11.3 Å². The van der Waals surface area contributed by atoms with Crippen molar-refractivity contribution in [2.24, 2.45) is 0 Å². The molecule has 2 N–H and O–H groups in total. The van der Waals surface area contributed by atoms with Crippen LogP contribution < -0.4 is 0 Å². The van der Waals surface area contributed by atoms with Gasteiger partial charge in [0.15, 0.2) is 0 Å². The maximum absolute atomic E-state index is 9.64. The Morgan fingerprint density at radius 1 is 1.57 bits per heavy atom. The summed E-state index contributed by atoms with van der Waals surface area (Å²) in [6.45, 7) is 0.536. The molecule has 5 heteroatoms. The van der Waals surface area contributed by atoms with Crippen LogP contribution in [0.4, 0.5) is 0 Å². The molecule has 1 rings (SSSR count). The van der Waals surface area contributed by atoms with E-state index in [1.54, 1.807) is 7.11 Å². The van der Waals surface area contributed by atoms with E-state index in [9.17, 15) is 10.2 Å². The van der Waals surface area contributed by atoms with Gasteiger partial charge in [-0.1, -0.05) is 0 Å². The number of ether oxygens (including phenoxy) is 1. The van der Waals surface area contributed by atoms with Crippen LogP contribution in [0, 0.1) is 0 Å². The molecule has 80 valence electrons. The molecule has 0 bridgehead atoms. The standard InChI is InChI=1S/C9H14O3S2/c1-12-3-7-2-6(5-14-7)9(11)8(10)4-13/h2,5,8-11,13H,3-4H2,1H3. The third kappa shape index (κ3) is 2.96. The molecule has 1 aromatic rings. The lowest BCUT2D eigenvalue weighted by Crippen LogP contribution is -2.19. The van der Waals surface area contributed by atoms with Crippen molar-refractivity contribution in [1.29, 1.82) is 0 Å². The number of methoxy groups -OCH3 is 1. The zero-order chi connectivity index (χ0) is 10.6. The Kier molecular flexibility index (Phi) is 4.91. The predicted octanol–water partition coefficient (Wildman–Crippen LogP) is 1.22. The number of aliphatic hydroxyl groups excluding tert-OH is 2. The van der Waals surface area contributed by atoms with Crippen molar-refractivity contribution in [2.75, 3.05) is 12.9 Å². The van der Waals surface area contributed by atoms with Gasteiger partial charge < -0.3 is 14.9 Å². The van der Waals surface area contributed by atoms with E-state index in [0.717, 1.165) is 10.4 Å². The second kappa shape index (κ2) is 5.72. The minimum atomic E-state index is -0.852. The van der Waals surface area contributed by atoms with E-state index in [-0.39, 0.29) is 5.75 Å². The summed E-state index contributed by atoms with van der Waals surface area (Å²) < 4.78 is 4.96. The van der Waals surface area contributed by atoms with Crippen molar-refractivity contribution in [2.45, 2.75) is 18.8 Å². The Balaban J connectivity index is 2.65. The van der Waals surface area contributed by atoms with Gasteiger partial charge in [0.2, 0.25) is 0 Å². The minimum Gasteiger partial charge on any atom is -0.389 e. The van der Waals surface area contributed by atoms with E-state index in [4.69, 9.17) is 4.74 Å². The molecule has 0 spiro atoms. The molecule has 0 aliphatic carbocycles. The van der Waals surface area contributed by atoms with Crippen molar-refractivity contribution in [3.05, 3.63) is 21.9 Å². The Morgan fingerprint density at radius 3 is 2.86 bits per heavy atom. The Labute approximate surface area is 92.8 Å². The number of rotatable bonds is 5. The van der Waals surface area contributed by atoms with E-state index in [2.05, 4.69) is 12.6 Å². The van der Waals surface area contributed by atoms with Gasteiger partial charge in [-0.05, 0) is 17.0 Å². The highest BCUT2D eigenvalue weighted by Crippen LogP contribution is 2.24. The van der Waals surface area contributed by atoms with Crippen LogP contribution in [0.15, 0.2) is 11.4 Å². The molecule has 0 amide bonds. The third-order valence-electron chi connectivity index (χ3n) is 1.85. The highest BCUT2D eigenvalue weighted by molar-refractivity contribution is 7.80. The average Bonchev–Trinajstić information content (AvgIpc) is 2.64. The summed E-state index contributed by atoms with van der Waals surface area (Å²) in [5, 5.41) is 20.8. The molecule has 0 aromatic carbocycles. The first kappa shape index (κ1) is 12.0. The van der Waals surface area contributed by atoms with Gasteiger partial charge in [-0.3, -0.25) is 0 Å². The monoisotopic (exact) mass is 234 g/mol. The fourth-order valence-corrected chi connectivity index (χ4v) is 2.18. The molecule has 0 saturated carbocycles. The van der Waals surface area contributed by atoms with Crippen LogP contribution in [0.25, 0.3) is 0 Å². The van der Waals surface area contributed by atoms with Crippen molar-refractivity contribution in [1.82, 2.24) is 0 Å². The fourth-order valence-electron chi connectivity index (χ4n) is 1.09. The molecule has 0 saturated heterocycles. The van der Waals surface area contributed by atoms with Gasteiger partial charge in [-0.25, -0.2) is 0 Å². The molecule has 1 heterocycles. The van der Waals surface area contributed by atoms with E-state index in [0.29, 0.717) is 6.61 Å². The van der Waals surface area contributed by atoms with Crippen molar-refractivity contribution >= 4 is 24.0 Å². The lowest BCUT2D eigenvalue weighted by molar-refractivity contribution is 0.0339. The van der Waals surface area contributed by atoms with Gasteiger partial charge in [-0.2, -0.15) is 12.6 Å². The number of thiol groups is 1. The first-order valence-corrected chi connectivity index (χ1v) is 5.73. The van der Waals surface area contributed by atoms with E-state index in [1.807, 2.05) is 11.4 Å². The van der Waals surface area contributed by atoms with Crippen LogP contribution in [0.5, 0.6) is 0 Å². The summed E-state index contributed by atoms with van der Waals surface area (Å²) in [4.78, 5) is 1.04. The maximum atomic E-state index is 9.64. The second-order valence-corrected chi connectivity index (χ2v) is 4.34. The van der Waals surface area contributed by atoms with Gasteiger partial charge >= 0.3 is 0 Å². The van der Waals surface area contributed by atoms with Crippen molar-refractivity contribution < 1.29 is 14.9 Å². The van der Waals surface area contributed by atoms with Gasteiger partial charge in [0.1, 0.15) is 6.10 Å². The van der Waals surface area contributed by atoms with Gasteiger partial charge in [0.25, 0.3) is 0 Å². The zero-order valence-electron chi connectivity index (χ0n) is 7.88. The molecule has 1 aromatic heterocycles. The van der Waals surface area contributed by atoms with Crippen LogP contribution >= 0.6 is 24.0 Å². The Bertz CT molecular complexity index is 275. The molecule has 2 atom stereocenters. The summed E-state index contributed by atoms with van der Waals surface area (Å²) in [5.41, 5.74) is 0.726. The summed E-state index contributed by atoms with van der Waals surface area (Å²) in [6, 6.07) is 1.84. The zero-order valence-corrected chi connectivity index (χ0v) is 9.59. The first-order valence-electron chi connectivity index (χ1n) is 4.22. The van der Waals surface area contributed by atoms with E-state index in [1.165, 1.54) is 11.3 Å². The van der Waals surface area contributed by atoms with Crippen LogP contribution in [0.1, 0.15) is 16.5 Å². The first-order chi connectivity index (χ1) is 6.69. The molecule has 14 heavy (non-hydrogen) atoms. The molecule has 0 fully saturated rings. The third-order valence-corrected chi connectivity index (χ3v) is 3.16. The second-order valence-electron chi connectivity index (χ2n) is 2.97. The molecular weight excluding hydrogens is 220 g/mol. The number of hydrogen-bond donors (Lipinski definition) is 3. The van der Waals surface area contributed by atoms with E-state index >= 15 is 0 Å². The Morgan fingerprint density at radius 2 is 2.29 bits per heavy atom. The summed E-state index contributed by atoms with van der Waals surface area (Å²) >= 11 is 5.43. The van der Waals surface area contributed by atoms with Gasteiger partial charge in [0.05, 0.1) is 12.7 Å². The predicted molar refractivity (Wildman–Crippen MR) is 59.9 cm³/mol. The lowest BCUT2D eigenvalue weighted by Gasteiger charge is -2.13. The van der Waals surface area contributed by atoms with Crippen LogP contribution in [0.3, 0.4) is 0 Å². The number of hydrogen-bond acceptors (Lipinski definition) is 5. The van der Waals surface area contributed by atoms with Crippen LogP contribution in [-0.4, -0.2) is 29.2 Å². The quantitative estimate of drug-likeness (QED) is 0.671. The minimum absolute atomic E-state index is 0.247. The number of thiophene rings is 1. The molecule has 3 nitrogen and oxygen atoms in total. The van der Waals surface area contributed by atoms with E-state index < -0.39 is 12.2 Å². The summed E-state index contributed by atoms with van der Waals surface area (Å²) in [6.07, 6.45) is -1.67. The SMILES string of the molecule is COCc1cc(C(O)C(O)CS)cs1. The smallest absolute Gasteiger partial charge is 0.106 e. The molecule has 0 radical (unpaired) electrons. The lowest BCUT2D eigenvalue weighted by atomic mass is 10.1. The largest absolute Gasteiger partial charge is 0.389 e. The van der Waals surface area contributed by atoms with Gasteiger partial charge in [-0.15, -0.1) is 11.3 Å². The highest BCUT2D eigenvalue weighted by Gasteiger charge is 2.17. The molecular formula is C9H14O3S2. The number of aliphatic hydroxyl groups is 2. The highest BCUT2D eigenvalue weighted by atomic mass is 32.1. The summed E-state index contributed by atoms with van der Waals surface area (Å²) in [5.74, 6) is 0.247. The maximum Gasteiger partial charge on any atom is 0.106 e. The average molecular weight is 234 g/mol. The molecule has 2 unspecified atom stereocenters. The van der Waals surface area contributed by atoms with Gasteiger partial charge in [0, 0.05) is 17.7 Å². The summed E-state index contributed by atoms with van der Waals surface area (Å²) in [7, 11) is 1.62. The van der Waals surface area contributed by atoms with Crippen molar-refractivity contribution in [3.8, 4) is 0 Å². The Hall–Kier alpha value is -0.0700. The molecule has 0 aliphatic heterocycles. The topological polar surface area (TPSA) is 49.7 Å². The normalized spacial score (nSPS) is 15.4. The fraction of sp³-hybridized carbons (Fsp3) is 0.556. The van der Waals surface area contributed by atoms with Crippen molar-refractivity contribution in [3.63, 3.8) is 0 Å². The van der Waals surface area contributed by atoms with Crippen LogP contribution in [0.2, 0.25) is 0 Å². The molecule has 0 aliphatic rings.